The summed E-state index contributed by atoms with van der Waals surface area (Å²) in [6.07, 6.45) is 0.548. The Labute approximate surface area is 105 Å². The number of aliphatic hydroxyl groups excluding tert-OH is 1. The van der Waals surface area contributed by atoms with Gasteiger partial charge in [0.2, 0.25) is 0 Å². The molecule has 1 amide bonds. The number of benzene rings is 1. The van der Waals surface area contributed by atoms with Crippen LogP contribution < -0.4 is 5.32 Å². The summed E-state index contributed by atoms with van der Waals surface area (Å²) in [5.74, 6) is 0. The fraction of sp³-hybridized carbons (Fsp3) is 0.308. The van der Waals surface area contributed by atoms with E-state index in [-0.39, 0.29) is 6.54 Å². The van der Waals surface area contributed by atoms with Crippen molar-refractivity contribution in [2.75, 3.05) is 13.2 Å². The highest BCUT2D eigenvalue weighted by Gasteiger charge is 2.12. The van der Waals surface area contributed by atoms with Crippen molar-refractivity contribution in [3.05, 3.63) is 36.0 Å². The van der Waals surface area contributed by atoms with Crippen molar-refractivity contribution in [2.24, 2.45) is 0 Å². The Bertz CT molecular complexity index is 536. The Kier molecular flexibility index (Phi) is 3.84. The third-order valence-electron chi connectivity index (χ3n) is 2.70. The van der Waals surface area contributed by atoms with Gasteiger partial charge < -0.3 is 20.1 Å². The maximum atomic E-state index is 11.1. The van der Waals surface area contributed by atoms with Gasteiger partial charge in [0.1, 0.15) is 0 Å². The van der Waals surface area contributed by atoms with Crippen molar-refractivity contribution in [3.63, 3.8) is 0 Å². The minimum absolute atomic E-state index is 0.128. The predicted molar refractivity (Wildman–Crippen MR) is 68.3 cm³/mol. The number of aromatic amines is 1. The molecule has 0 aliphatic rings. The summed E-state index contributed by atoms with van der Waals surface area (Å²) >= 11 is 0. The standard InChI is InChI=1S/C13H16N2O3/c1-2-18-13(17)15-8-12(16)10-4-3-5-11-9(10)6-7-14-11/h3-7,12,14,16H,2,8H2,1H3,(H,15,17). The molecule has 1 heterocycles. The second kappa shape index (κ2) is 5.55. The minimum atomic E-state index is -0.756. The fourth-order valence-electron chi connectivity index (χ4n) is 1.87. The molecule has 5 nitrogen and oxygen atoms in total. The van der Waals surface area contributed by atoms with Crippen LogP contribution in [-0.2, 0) is 4.74 Å². The second-order valence-electron chi connectivity index (χ2n) is 3.90. The SMILES string of the molecule is CCOC(=O)NCC(O)c1cccc2[nH]ccc12. The number of hydrogen-bond donors (Lipinski definition) is 3. The van der Waals surface area contributed by atoms with Gasteiger partial charge in [-0.2, -0.15) is 0 Å². The van der Waals surface area contributed by atoms with Gasteiger partial charge in [0.05, 0.1) is 19.3 Å². The molecule has 1 aromatic carbocycles. The van der Waals surface area contributed by atoms with E-state index in [0.717, 1.165) is 16.5 Å². The highest BCUT2D eigenvalue weighted by molar-refractivity contribution is 5.83. The number of fused-ring (bicyclic) bond motifs is 1. The molecule has 2 rings (SSSR count). The van der Waals surface area contributed by atoms with Gasteiger partial charge in [0.15, 0.2) is 0 Å². The molecule has 0 aliphatic heterocycles. The number of aliphatic hydroxyl groups is 1. The molecule has 0 bridgehead atoms. The number of aromatic nitrogens is 1. The van der Waals surface area contributed by atoms with Crippen molar-refractivity contribution >= 4 is 17.0 Å². The molecule has 18 heavy (non-hydrogen) atoms. The molecule has 0 fully saturated rings. The molecule has 96 valence electrons. The van der Waals surface area contributed by atoms with Gasteiger partial charge >= 0.3 is 6.09 Å². The predicted octanol–water partition coefficient (Wildman–Crippen LogP) is 1.95. The number of carbonyl (C=O) groups is 1. The molecular formula is C13H16N2O3. The zero-order valence-electron chi connectivity index (χ0n) is 10.1. The third-order valence-corrected chi connectivity index (χ3v) is 2.70. The van der Waals surface area contributed by atoms with Gasteiger partial charge in [-0.3, -0.25) is 0 Å². The van der Waals surface area contributed by atoms with Gasteiger partial charge in [-0.15, -0.1) is 0 Å². The van der Waals surface area contributed by atoms with Gasteiger partial charge in [0, 0.05) is 17.1 Å². The van der Waals surface area contributed by atoms with E-state index < -0.39 is 12.2 Å². The smallest absolute Gasteiger partial charge is 0.407 e. The molecule has 1 atom stereocenters. The summed E-state index contributed by atoms with van der Waals surface area (Å²) in [5.41, 5.74) is 1.74. The molecule has 0 radical (unpaired) electrons. The molecule has 0 spiro atoms. The third kappa shape index (κ3) is 2.62. The van der Waals surface area contributed by atoms with Crippen LogP contribution in [-0.4, -0.2) is 29.3 Å². The number of carbonyl (C=O) groups excluding carboxylic acids is 1. The second-order valence-corrected chi connectivity index (χ2v) is 3.90. The van der Waals surface area contributed by atoms with E-state index in [0.29, 0.717) is 6.61 Å². The Morgan fingerprint density at radius 2 is 2.33 bits per heavy atom. The average molecular weight is 248 g/mol. The number of nitrogens with one attached hydrogen (secondary N) is 2. The van der Waals surface area contributed by atoms with Gasteiger partial charge in [-0.25, -0.2) is 4.79 Å². The number of hydrogen-bond acceptors (Lipinski definition) is 3. The summed E-state index contributed by atoms with van der Waals surface area (Å²) in [7, 11) is 0. The van der Waals surface area contributed by atoms with E-state index in [4.69, 9.17) is 4.74 Å². The largest absolute Gasteiger partial charge is 0.450 e. The van der Waals surface area contributed by atoms with E-state index in [1.807, 2.05) is 30.5 Å². The van der Waals surface area contributed by atoms with Crippen LogP contribution in [0, 0.1) is 0 Å². The lowest BCUT2D eigenvalue weighted by Gasteiger charge is -2.13. The first-order chi connectivity index (χ1) is 8.72. The van der Waals surface area contributed by atoms with Crippen LogP contribution in [0.15, 0.2) is 30.5 Å². The van der Waals surface area contributed by atoms with E-state index in [9.17, 15) is 9.90 Å². The molecule has 3 N–H and O–H groups in total. The molecular weight excluding hydrogens is 232 g/mol. The minimum Gasteiger partial charge on any atom is -0.450 e. The van der Waals surface area contributed by atoms with Crippen molar-refractivity contribution in [2.45, 2.75) is 13.0 Å². The zero-order valence-corrected chi connectivity index (χ0v) is 10.1. The fourth-order valence-corrected chi connectivity index (χ4v) is 1.87. The van der Waals surface area contributed by atoms with Gasteiger partial charge in [-0.05, 0) is 24.6 Å². The van der Waals surface area contributed by atoms with E-state index in [1.165, 1.54) is 0 Å². The molecule has 5 heteroatoms. The Hall–Kier alpha value is -2.01. The van der Waals surface area contributed by atoms with Crippen molar-refractivity contribution < 1.29 is 14.6 Å². The van der Waals surface area contributed by atoms with Gasteiger partial charge in [0.25, 0.3) is 0 Å². The highest BCUT2D eigenvalue weighted by atomic mass is 16.5. The number of ether oxygens (including phenoxy) is 1. The summed E-state index contributed by atoms with van der Waals surface area (Å²) in [6.45, 7) is 2.18. The number of amides is 1. The quantitative estimate of drug-likeness (QED) is 0.774. The topological polar surface area (TPSA) is 74.3 Å². The molecule has 0 saturated carbocycles. The summed E-state index contributed by atoms with van der Waals surface area (Å²) < 4.78 is 4.73. The number of alkyl carbamates (subject to hydrolysis) is 1. The Morgan fingerprint density at radius 1 is 1.50 bits per heavy atom. The summed E-state index contributed by atoms with van der Waals surface area (Å²) in [5, 5.41) is 13.5. The van der Waals surface area contributed by atoms with Gasteiger partial charge in [-0.1, -0.05) is 12.1 Å². The average Bonchev–Trinajstić information content (AvgIpc) is 2.84. The lowest BCUT2D eigenvalue weighted by molar-refractivity contribution is 0.135. The van der Waals surface area contributed by atoms with Crippen LogP contribution >= 0.6 is 0 Å². The monoisotopic (exact) mass is 248 g/mol. The number of H-pyrrole nitrogens is 1. The van der Waals surface area contributed by atoms with Crippen LogP contribution in [0.4, 0.5) is 4.79 Å². The van der Waals surface area contributed by atoms with E-state index in [2.05, 4.69) is 10.3 Å². The van der Waals surface area contributed by atoms with Crippen LogP contribution in [0.2, 0.25) is 0 Å². The lowest BCUT2D eigenvalue weighted by Crippen LogP contribution is -2.29. The van der Waals surface area contributed by atoms with Crippen molar-refractivity contribution in [1.82, 2.24) is 10.3 Å². The normalized spacial score (nSPS) is 12.3. The number of rotatable bonds is 4. The first-order valence-corrected chi connectivity index (χ1v) is 5.87. The lowest BCUT2D eigenvalue weighted by atomic mass is 10.0. The Balaban J connectivity index is 2.06. The molecule has 2 aromatic rings. The Morgan fingerprint density at radius 3 is 3.11 bits per heavy atom. The molecule has 0 aliphatic carbocycles. The molecule has 1 aromatic heterocycles. The highest BCUT2D eigenvalue weighted by Crippen LogP contribution is 2.23. The zero-order chi connectivity index (χ0) is 13.0. The van der Waals surface area contributed by atoms with Crippen LogP contribution in [0.5, 0.6) is 0 Å². The first-order valence-electron chi connectivity index (χ1n) is 5.87. The summed E-state index contributed by atoms with van der Waals surface area (Å²) in [6, 6.07) is 7.54. The molecule has 0 saturated heterocycles. The first kappa shape index (κ1) is 12.4. The van der Waals surface area contributed by atoms with Crippen molar-refractivity contribution in [1.29, 1.82) is 0 Å². The van der Waals surface area contributed by atoms with Crippen LogP contribution in [0.3, 0.4) is 0 Å². The summed E-state index contributed by atoms with van der Waals surface area (Å²) in [4.78, 5) is 14.2. The molecule has 1 unspecified atom stereocenters. The van der Waals surface area contributed by atoms with Crippen LogP contribution in [0.1, 0.15) is 18.6 Å². The van der Waals surface area contributed by atoms with Crippen molar-refractivity contribution in [3.8, 4) is 0 Å². The van der Waals surface area contributed by atoms with E-state index >= 15 is 0 Å². The van der Waals surface area contributed by atoms with Crippen LogP contribution in [0.25, 0.3) is 10.9 Å². The maximum Gasteiger partial charge on any atom is 0.407 e. The maximum absolute atomic E-state index is 11.1. The van der Waals surface area contributed by atoms with E-state index in [1.54, 1.807) is 6.92 Å².